The second kappa shape index (κ2) is 8.03. The Labute approximate surface area is 190 Å². The van der Waals surface area contributed by atoms with E-state index >= 15 is 0 Å². The highest BCUT2D eigenvalue weighted by Gasteiger charge is 2.50. The van der Waals surface area contributed by atoms with E-state index in [4.69, 9.17) is 0 Å². The third kappa shape index (κ3) is 3.45. The van der Waals surface area contributed by atoms with Gasteiger partial charge < -0.3 is 10.2 Å². The number of carbonyl (C=O) groups excluding carboxylic acids is 3. The number of carbonyl (C=O) groups is 3. The summed E-state index contributed by atoms with van der Waals surface area (Å²) >= 11 is 1.44. The molecule has 32 heavy (non-hydrogen) atoms. The number of nitrogens with one attached hydrogen (secondary N) is 1. The zero-order chi connectivity index (χ0) is 22.3. The first-order valence-electron chi connectivity index (χ1n) is 10.6. The molecule has 2 aromatic carbocycles. The van der Waals surface area contributed by atoms with Crippen LogP contribution in [0.4, 0.5) is 4.79 Å². The van der Waals surface area contributed by atoms with Crippen molar-refractivity contribution in [2.45, 2.75) is 12.5 Å². The molecule has 2 fully saturated rings. The van der Waals surface area contributed by atoms with Gasteiger partial charge in [-0.3, -0.25) is 14.5 Å². The van der Waals surface area contributed by atoms with Gasteiger partial charge in [0.05, 0.1) is 11.5 Å². The topological polar surface area (TPSA) is 73.0 Å². The molecule has 0 spiro atoms. The summed E-state index contributed by atoms with van der Waals surface area (Å²) in [5.74, 6) is -0.214. The van der Waals surface area contributed by atoms with Crippen LogP contribution in [0.2, 0.25) is 0 Å². The molecule has 0 bridgehead atoms. The standard InChI is InChI=1S/C24H24N4O3S/c1-24(19-9-4-7-17-6-2-3-8-18(17)19)22(30)28(23(31)25-24)16-26-11-13-27(14-12-26)21(29)20-10-5-15-32-20/h2-10,15H,11-14,16H2,1H3,(H,25,31)/t24-/m0/s1. The number of nitrogens with zero attached hydrogens (tertiary/aromatic N) is 3. The summed E-state index contributed by atoms with van der Waals surface area (Å²) in [6.45, 7) is 4.35. The largest absolute Gasteiger partial charge is 0.335 e. The Morgan fingerprint density at radius 3 is 2.50 bits per heavy atom. The van der Waals surface area contributed by atoms with Crippen molar-refractivity contribution in [3.63, 3.8) is 0 Å². The molecule has 1 N–H and O–H groups in total. The summed E-state index contributed by atoms with van der Waals surface area (Å²) in [4.78, 5) is 44.7. The van der Waals surface area contributed by atoms with Crippen molar-refractivity contribution in [1.82, 2.24) is 20.0 Å². The zero-order valence-corrected chi connectivity index (χ0v) is 18.6. The maximum absolute atomic E-state index is 13.4. The van der Waals surface area contributed by atoms with Crippen LogP contribution in [-0.4, -0.2) is 65.4 Å². The van der Waals surface area contributed by atoms with E-state index in [2.05, 4.69) is 5.32 Å². The van der Waals surface area contributed by atoms with Crippen molar-refractivity contribution in [2.24, 2.45) is 0 Å². The fourth-order valence-electron chi connectivity index (χ4n) is 4.52. The minimum atomic E-state index is -1.12. The van der Waals surface area contributed by atoms with Gasteiger partial charge in [-0.1, -0.05) is 48.5 Å². The Balaban J connectivity index is 1.29. The lowest BCUT2D eigenvalue weighted by Crippen LogP contribution is -2.52. The number of rotatable bonds is 4. The van der Waals surface area contributed by atoms with E-state index in [9.17, 15) is 14.4 Å². The van der Waals surface area contributed by atoms with Crippen LogP contribution in [0.3, 0.4) is 0 Å². The molecule has 2 aliphatic heterocycles. The lowest BCUT2D eigenvalue weighted by atomic mass is 9.88. The predicted octanol–water partition coefficient (Wildman–Crippen LogP) is 3.08. The number of benzene rings is 2. The highest BCUT2D eigenvalue weighted by Crippen LogP contribution is 2.34. The maximum atomic E-state index is 13.4. The average molecular weight is 449 g/mol. The maximum Gasteiger partial charge on any atom is 0.326 e. The van der Waals surface area contributed by atoms with Gasteiger partial charge in [-0.05, 0) is 34.7 Å². The first kappa shape index (κ1) is 20.7. The molecule has 1 atom stereocenters. The molecule has 3 aromatic rings. The van der Waals surface area contributed by atoms with Crippen molar-refractivity contribution in [3.8, 4) is 0 Å². The number of amides is 4. The monoisotopic (exact) mass is 448 g/mol. The number of hydrogen-bond donors (Lipinski definition) is 1. The lowest BCUT2D eigenvalue weighted by Gasteiger charge is -2.36. The molecule has 8 heteroatoms. The molecule has 0 unspecified atom stereocenters. The number of piperazine rings is 1. The van der Waals surface area contributed by atoms with Crippen LogP contribution in [-0.2, 0) is 10.3 Å². The van der Waals surface area contributed by atoms with Crippen LogP contribution in [0.1, 0.15) is 22.2 Å². The number of thiophene rings is 1. The molecule has 5 rings (SSSR count). The molecule has 2 aliphatic rings. The first-order valence-corrected chi connectivity index (χ1v) is 11.5. The van der Waals surface area contributed by atoms with Gasteiger partial charge in [0, 0.05) is 26.2 Å². The summed E-state index contributed by atoms with van der Waals surface area (Å²) in [5, 5.41) is 6.80. The van der Waals surface area contributed by atoms with Crippen LogP contribution in [0.15, 0.2) is 60.0 Å². The highest BCUT2D eigenvalue weighted by molar-refractivity contribution is 7.12. The summed E-state index contributed by atoms with van der Waals surface area (Å²) in [7, 11) is 0. The Morgan fingerprint density at radius 1 is 1.00 bits per heavy atom. The number of imide groups is 1. The molecule has 0 aliphatic carbocycles. The minimum absolute atomic E-state index is 0.0400. The molecule has 3 heterocycles. The second-order valence-electron chi connectivity index (χ2n) is 8.34. The van der Waals surface area contributed by atoms with Crippen molar-refractivity contribution in [1.29, 1.82) is 0 Å². The summed E-state index contributed by atoms with van der Waals surface area (Å²) < 4.78 is 0. The van der Waals surface area contributed by atoms with Gasteiger partial charge in [-0.2, -0.15) is 0 Å². The normalized spacial score (nSPS) is 21.9. The van der Waals surface area contributed by atoms with Crippen molar-refractivity contribution in [2.75, 3.05) is 32.8 Å². The molecule has 164 valence electrons. The Kier molecular flexibility index (Phi) is 5.19. The molecule has 0 radical (unpaired) electrons. The SMILES string of the molecule is C[C@@]1(c2cccc3ccccc23)NC(=O)N(CN2CCN(C(=O)c3cccs3)CC2)C1=O. The van der Waals surface area contributed by atoms with E-state index in [0.717, 1.165) is 21.2 Å². The molecule has 1 aromatic heterocycles. The van der Waals surface area contributed by atoms with Gasteiger partial charge >= 0.3 is 6.03 Å². The molecule has 7 nitrogen and oxygen atoms in total. The Morgan fingerprint density at radius 2 is 1.75 bits per heavy atom. The number of urea groups is 1. The Hall–Kier alpha value is -3.23. The predicted molar refractivity (Wildman–Crippen MR) is 123 cm³/mol. The van der Waals surface area contributed by atoms with Crippen LogP contribution in [0.5, 0.6) is 0 Å². The van der Waals surface area contributed by atoms with Gasteiger partial charge in [0.15, 0.2) is 0 Å². The molecular formula is C24H24N4O3S. The quantitative estimate of drug-likeness (QED) is 0.623. The summed E-state index contributed by atoms with van der Waals surface area (Å²) in [6, 6.07) is 17.0. The van der Waals surface area contributed by atoms with Gasteiger partial charge in [-0.15, -0.1) is 11.3 Å². The molecular weight excluding hydrogens is 424 g/mol. The van der Waals surface area contributed by atoms with Gasteiger partial charge in [0.25, 0.3) is 11.8 Å². The van der Waals surface area contributed by atoms with E-state index in [1.807, 2.05) is 69.8 Å². The fraction of sp³-hybridized carbons (Fsp3) is 0.292. The van der Waals surface area contributed by atoms with Crippen LogP contribution < -0.4 is 5.32 Å². The smallest absolute Gasteiger partial charge is 0.326 e. The molecule has 2 saturated heterocycles. The zero-order valence-electron chi connectivity index (χ0n) is 17.8. The van der Waals surface area contributed by atoms with E-state index in [1.54, 1.807) is 6.92 Å². The summed E-state index contributed by atoms with van der Waals surface area (Å²) in [6.07, 6.45) is 0. The van der Waals surface area contributed by atoms with Gasteiger partial charge in [0.1, 0.15) is 5.54 Å². The fourth-order valence-corrected chi connectivity index (χ4v) is 5.21. The molecule has 4 amide bonds. The summed E-state index contributed by atoms with van der Waals surface area (Å²) in [5.41, 5.74) is -0.322. The average Bonchev–Trinajstić information content (AvgIpc) is 3.43. The van der Waals surface area contributed by atoms with Crippen LogP contribution >= 0.6 is 11.3 Å². The second-order valence-corrected chi connectivity index (χ2v) is 9.29. The van der Waals surface area contributed by atoms with Gasteiger partial charge in [-0.25, -0.2) is 9.69 Å². The van der Waals surface area contributed by atoms with E-state index in [1.165, 1.54) is 16.2 Å². The third-order valence-electron chi connectivity index (χ3n) is 6.34. The van der Waals surface area contributed by atoms with E-state index in [0.29, 0.717) is 26.2 Å². The number of hydrogen-bond acceptors (Lipinski definition) is 5. The highest BCUT2D eigenvalue weighted by atomic mass is 32.1. The van der Waals surface area contributed by atoms with Gasteiger partial charge in [0.2, 0.25) is 0 Å². The van der Waals surface area contributed by atoms with Crippen molar-refractivity contribution >= 4 is 40.0 Å². The van der Waals surface area contributed by atoms with E-state index in [-0.39, 0.29) is 24.5 Å². The third-order valence-corrected chi connectivity index (χ3v) is 7.19. The van der Waals surface area contributed by atoms with Crippen LogP contribution in [0, 0.1) is 0 Å². The van der Waals surface area contributed by atoms with Crippen molar-refractivity contribution < 1.29 is 14.4 Å². The first-order chi connectivity index (χ1) is 15.5. The Bertz CT molecular complexity index is 1180. The lowest BCUT2D eigenvalue weighted by molar-refractivity contribution is -0.132. The van der Waals surface area contributed by atoms with E-state index < -0.39 is 5.54 Å². The van der Waals surface area contributed by atoms with Crippen molar-refractivity contribution in [3.05, 3.63) is 70.4 Å². The number of fused-ring (bicyclic) bond motifs is 1. The van der Waals surface area contributed by atoms with Crippen LogP contribution in [0.25, 0.3) is 10.8 Å². The minimum Gasteiger partial charge on any atom is -0.335 e. The molecule has 0 saturated carbocycles.